The van der Waals surface area contributed by atoms with E-state index in [0.29, 0.717) is 37.4 Å². The summed E-state index contributed by atoms with van der Waals surface area (Å²) in [5.41, 5.74) is 5.29. The average Bonchev–Trinajstić information content (AvgIpc) is 2.88. The van der Waals surface area contributed by atoms with Gasteiger partial charge in [-0.25, -0.2) is 18.1 Å². The molecule has 37 heavy (non-hydrogen) atoms. The second kappa shape index (κ2) is 10.3. The summed E-state index contributed by atoms with van der Waals surface area (Å²) >= 11 is 0. The second-order valence-corrected chi connectivity index (χ2v) is 10.9. The highest BCUT2D eigenvalue weighted by molar-refractivity contribution is 7.89. The summed E-state index contributed by atoms with van der Waals surface area (Å²) in [5.74, 6) is 0.692. The zero-order valence-corrected chi connectivity index (χ0v) is 22.0. The fourth-order valence-electron chi connectivity index (χ4n) is 4.40. The van der Waals surface area contributed by atoms with Crippen molar-refractivity contribution in [2.45, 2.75) is 32.1 Å². The Hall–Kier alpha value is -3.75. The van der Waals surface area contributed by atoms with E-state index in [1.54, 1.807) is 24.3 Å². The van der Waals surface area contributed by atoms with Gasteiger partial charge in [0.2, 0.25) is 10.0 Å². The third kappa shape index (κ3) is 5.21. The first-order chi connectivity index (χ1) is 17.9. The van der Waals surface area contributed by atoms with Crippen LogP contribution in [0.1, 0.15) is 24.5 Å². The van der Waals surface area contributed by atoms with E-state index in [9.17, 15) is 8.42 Å². The smallest absolute Gasteiger partial charge is 0.240 e. The highest BCUT2D eigenvalue weighted by Gasteiger charge is 2.16. The van der Waals surface area contributed by atoms with E-state index in [2.05, 4.69) is 21.1 Å². The average molecular weight is 515 g/mol. The molecule has 0 atom stereocenters. The Morgan fingerprint density at radius 3 is 2.46 bits per heavy atom. The Kier molecular flexibility index (Phi) is 6.95. The molecule has 0 radical (unpaired) electrons. The van der Waals surface area contributed by atoms with Gasteiger partial charge in [-0.2, -0.15) is 0 Å². The Morgan fingerprint density at radius 1 is 0.946 bits per heavy atom. The van der Waals surface area contributed by atoms with Crippen LogP contribution in [0.4, 0.5) is 5.69 Å². The number of fused-ring (bicyclic) bond motifs is 4. The van der Waals surface area contributed by atoms with Crippen molar-refractivity contribution in [1.82, 2.24) is 9.71 Å². The van der Waals surface area contributed by atoms with Crippen LogP contribution in [-0.4, -0.2) is 33.0 Å². The van der Waals surface area contributed by atoms with Crippen LogP contribution in [0, 0.1) is 13.8 Å². The Labute approximate surface area is 216 Å². The molecule has 0 unspecified atom stereocenters. The lowest BCUT2D eigenvalue weighted by atomic mass is 10.1. The molecule has 3 aromatic rings. The second-order valence-electron chi connectivity index (χ2n) is 9.10. The van der Waals surface area contributed by atoms with Gasteiger partial charge in [0.15, 0.2) is 11.3 Å². The summed E-state index contributed by atoms with van der Waals surface area (Å²) in [7, 11) is -3.53. The summed E-state index contributed by atoms with van der Waals surface area (Å²) in [6, 6.07) is 20.9. The third-order valence-electron chi connectivity index (χ3n) is 6.33. The van der Waals surface area contributed by atoms with Crippen LogP contribution in [0.5, 0.6) is 0 Å². The van der Waals surface area contributed by atoms with Crippen LogP contribution < -0.4 is 15.4 Å². The molecule has 0 spiro atoms. The van der Waals surface area contributed by atoms with Gasteiger partial charge in [-0.05, 0) is 51.0 Å². The van der Waals surface area contributed by atoms with E-state index in [1.165, 1.54) is 0 Å². The zero-order valence-electron chi connectivity index (χ0n) is 21.2. The Balaban J connectivity index is 1.39. The summed E-state index contributed by atoms with van der Waals surface area (Å²) < 4.78 is 34.1. The maximum Gasteiger partial charge on any atom is 0.240 e. The highest BCUT2D eigenvalue weighted by atomic mass is 32.2. The largest absolute Gasteiger partial charge is 0.453 e. The van der Waals surface area contributed by atoms with Crippen molar-refractivity contribution in [3.8, 4) is 11.5 Å². The van der Waals surface area contributed by atoms with Crippen LogP contribution in [0.25, 0.3) is 33.3 Å². The molecule has 3 aromatic carbocycles. The van der Waals surface area contributed by atoms with Crippen molar-refractivity contribution in [1.29, 1.82) is 0 Å². The Morgan fingerprint density at radius 2 is 1.70 bits per heavy atom. The molecule has 7 nitrogen and oxygen atoms in total. The van der Waals surface area contributed by atoms with Gasteiger partial charge < -0.3 is 9.73 Å². The number of hydrogen-bond acceptors (Lipinski definition) is 6. The minimum absolute atomic E-state index is 0.276. The molecule has 1 heterocycles. The summed E-state index contributed by atoms with van der Waals surface area (Å²) in [6.45, 7) is 7.59. The van der Waals surface area contributed by atoms with Crippen molar-refractivity contribution in [3.63, 3.8) is 0 Å². The monoisotopic (exact) mass is 514 g/mol. The van der Waals surface area contributed by atoms with Crippen molar-refractivity contribution in [2.75, 3.05) is 25.0 Å². The SMILES string of the molecule is CCN=c1cc2oc3cc(NCCCNS(=O)(=O)c4ccc(C)cc4)c4ccccc4c3nc-2cc1C. The van der Waals surface area contributed by atoms with Crippen LogP contribution >= 0.6 is 0 Å². The van der Waals surface area contributed by atoms with Crippen molar-refractivity contribution >= 4 is 37.6 Å². The molecule has 0 aromatic heterocycles. The van der Waals surface area contributed by atoms with Crippen molar-refractivity contribution in [3.05, 3.63) is 83.2 Å². The lowest BCUT2D eigenvalue weighted by molar-refractivity contribution is 0.580. The summed E-state index contributed by atoms with van der Waals surface area (Å²) in [4.78, 5) is 9.77. The predicted octanol–water partition coefficient (Wildman–Crippen LogP) is 5.40. The van der Waals surface area contributed by atoms with Crippen LogP contribution in [-0.2, 0) is 10.0 Å². The van der Waals surface area contributed by atoms with Gasteiger partial charge >= 0.3 is 0 Å². The number of nitrogens with zero attached hydrogens (tertiary/aromatic N) is 2. The van der Waals surface area contributed by atoms with Crippen molar-refractivity contribution < 1.29 is 12.8 Å². The zero-order chi connectivity index (χ0) is 26.0. The molecule has 190 valence electrons. The first-order valence-corrected chi connectivity index (χ1v) is 13.9. The predicted molar refractivity (Wildman–Crippen MR) is 148 cm³/mol. The fourth-order valence-corrected chi connectivity index (χ4v) is 5.48. The molecule has 8 heteroatoms. The van der Waals surface area contributed by atoms with Gasteiger partial charge in [-0.3, -0.25) is 4.99 Å². The number of benzene rings is 4. The van der Waals surface area contributed by atoms with Gasteiger partial charge in [0, 0.05) is 48.2 Å². The molecule has 0 saturated carbocycles. The van der Waals surface area contributed by atoms with Crippen LogP contribution in [0.3, 0.4) is 0 Å². The van der Waals surface area contributed by atoms with Crippen molar-refractivity contribution in [2.24, 2.45) is 4.99 Å². The number of rotatable bonds is 8. The molecule has 5 rings (SSSR count). The fraction of sp³-hybridized carbons (Fsp3) is 0.241. The number of aryl methyl sites for hydroxylation is 2. The number of aromatic nitrogens is 1. The lowest BCUT2D eigenvalue weighted by Gasteiger charge is -2.14. The van der Waals surface area contributed by atoms with E-state index in [1.807, 2.05) is 57.2 Å². The van der Waals surface area contributed by atoms with Gasteiger partial charge in [0.1, 0.15) is 11.2 Å². The molecule has 1 aliphatic carbocycles. The molecule has 2 N–H and O–H groups in total. The molecule has 0 fully saturated rings. The minimum atomic E-state index is -3.53. The van der Waals surface area contributed by atoms with Gasteiger partial charge in [-0.15, -0.1) is 0 Å². The molecular formula is C29H30N4O3S. The molecular weight excluding hydrogens is 484 g/mol. The minimum Gasteiger partial charge on any atom is -0.453 e. The molecule has 0 saturated heterocycles. The third-order valence-corrected chi connectivity index (χ3v) is 7.81. The van der Waals surface area contributed by atoms with Crippen LogP contribution in [0.15, 0.2) is 81.0 Å². The normalized spacial score (nSPS) is 12.6. The molecule has 2 aliphatic rings. The van der Waals surface area contributed by atoms with Gasteiger partial charge in [0.05, 0.1) is 10.3 Å². The van der Waals surface area contributed by atoms with E-state index < -0.39 is 10.0 Å². The summed E-state index contributed by atoms with van der Waals surface area (Å²) in [5, 5.41) is 6.40. The summed E-state index contributed by atoms with van der Waals surface area (Å²) in [6.07, 6.45) is 0.617. The highest BCUT2D eigenvalue weighted by Crippen LogP contribution is 2.34. The quantitative estimate of drug-likeness (QED) is 0.164. The molecule has 0 bridgehead atoms. The first-order valence-electron chi connectivity index (χ1n) is 12.4. The van der Waals surface area contributed by atoms with Gasteiger partial charge in [0.25, 0.3) is 0 Å². The number of hydrogen-bond donors (Lipinski definition) is 2. The Bertz CT molecular complexity index is 1720. The molecule has 1 aliphatic heterocycles. The standard InChI is InChI=1S/C29H30N4O3S/c1-4-30-24-17-27-26(16-20(24)3)33-29-23-9-6-5-8-22(23)25(18-28(29)36-27)31-14-7-15-32-37(34,35)21-12-10-19(2)11-13-21/h5-6,8-13,16-18,31-32H,4,7,14-15H2,1-3H3. The van der Waals surface area contributed by atoms with Gasteiger partial charge in [-0.1, -0.05) is 42.0 Å². The van der Waals surface area contributed by atoms with E-state index >= 15 is 0 Å². The number of nitrogens with one attached hydrogen (secondary N) is 2. The van der Waals surface area contributed by atoms with E-state index in [0.717, 1.165) is 44.2 Å². The maximum absolute atomic E-state index is 12.5. The maximum atomic E-state index is 12.5. The van der Waals surface area contributed by atoms with E-state index in [-0.39, 0.29) is 4.90 Å². The van der Waals surface area contributed by atoms with Crippen LogP contribution in [0.2, 0.25) is 0 Å². The first kappa shape index (κ1) is 24.9. The van der Waals surface area contributed by atoms with E-state index in [4.69, 9.17) is 9.40 Å². The number of sulfonamides is 1. The lowest BCUT2D eigenvalue weighted by Crippen LogP contribution is -2.26. The molecule has 0 amide bonds. The number of anilines is 1. The topological polar surface area (TPSA) is 96.6 Å².